The van der Waals surface area contributed by atoms with Gasteiger partial charge in [-0.1, -0.05) is 12.1 Å². The van der Waals surface area contributed by atoms with Crippen LogP contribution >= 0.6 is 22.7 Å². The molecule has 7 nitrogen and oxygen atoms in total. The summed E-state index contributed by atoms with van der Waals surface area (Å²) in [5.74, 6) is -0.267. The van der Waals surface area contributed by atoms with Crippen molar-refractivity contribution in [3.05, 3.63) is 56.8 Å². The molecule has 0 atom stereocenters. The maximum Gasteiger partial charge on any atom is 0.341 e. The first-order chi connectivity index (χ1) is 15.4. The van der Waals surface area contributed by atoms with Crippen molar-refractivity contribution in [1.82, 2.24) is 0 Å². The molecule has 3 aromatic rings. The van der Waals surface area contributed by atoms with Gasteiger partial charge in [-0.15, -0.1) is 22.7 Å². The number of sulfone groups is 1. The van der Waals surface area contributed by atoms with E-state index in [9.17, 15) is 18.0 Å². The van der Waals surface area contributed by atoms with Crippen LogP contribution in [0.4, 0.5) is 5.00 Å². The Kier molecular flexibility index (Phi) is 5.31. The molecule has 0 aliphatic carbocycles. The molecular weight excluding hydrogens is 470 g/mol. The quantitative estimate of drug-likeness (QED) is 0.550. The van der Waals surface area contributed by atoms with Gasteiger partial charge in [-0.3, -0.25) is 4.79 Å². The summed E-state index contributed by atoms with van der Waals surface area (Å²) in [5.41, 5.74) is 2.80. The number of esters is 1. The fourth-order valence-corrected chi connectivity index (χ4v) is 8.03. The van der Waals surface area contributed by atoms with E-state index in [1.165, 1.54) is 11.3 Å². The van der Waals surface area contributed by atoms with Crippen LogP contribution in [0.1, 0.15) is 43.0 Å². The maximum absolute atomic E-state index is 13.1. The second kappa shape index (κ2) is 8.02. The van der Waals surface area contributed by atoms with E-state index in [1.54, 1.807) is 13.0 Å². The number of benzene rings is 1. The highest BCUT2D eigenvalue weighted by atomic mass is 32.2. The van der Waals surface area contributed by atoms with E-state index in [0.29, 0.717) is 26.9 Å². The zero-order chi connectivity index (χ0) is 22.5. The Labute approximate surface area is 192 Å². The molecule has 0 saturated carbocycles. The molecule has 0 spiro atoms. The van der Waals surface area contributed by atoms with E-state index in [4.69, 9.17) is 9.47 Å². The highest BCUT2D eigenvalue weighted by Crippen LogP contribution is 2.43. The number of para-hydroxylation sites is 1. The number of ether oxygens (including phenoxy) is 2. The van der Waals surface area contributed by atoms with Crippen LogP contribution in [0.15, 0.2) is 30.3 Å². The number of fused-ring (bicyclic) bond motifs is 4. The maximum atomic E-state index is 13.1. The summed E-state index contributed by atoms with van der Waals surface area (Å²) >= 11 is 2.50. The molecule has 1 aromatic carbocycles. The minimum absolute atomic E-state index is 0.0203. The van der Waals surface area contributed by atoms with Crippen molar-refractivity contribution in [2.45, 2.75) is 25.7 Å². The minimum Gasteiger partial charge on any atom is -0.488 e. The summed E-state index contributed by atoms with van der Waals surface area (Å²) in [6.45, 7) is 2.27. The Bertz CT molecular complexity index is 1350. The van der Waals surface area contributed by atoms with Crippen LogP contribution in [0.5, 0.6) is 5.75 Å². The number of carbonyl (C=O) groups excluding carboxylic acids is 2. The molecule has 5 rings (SSSR count). The van der Waals surface area contributed by atoms with Gasteiger partial charge < -0.3 is 14.8 Å². The average Bonchev–Trinajstić information content (AvgIpc) is 3.34. The largest absolute Gasteiger partial charge is 0.488 e. The van der Waals surface area contributed by atoms with E-state index in [2.05, 4.69) is 5.32 Å². The first-order valence-electron chi connectivity index (χ1n) is 10.0. The van der Waals surface area contributed by atoms with Crippen molar-refractivity contribution >= 4 is 49.4 Å². The molecule has 0 radical (unpaired) electrons. The number of nitrogens with one attached hydrogen (secondary N) is 1. The molecule has 0 bridgehead atoms. The molecule has 0 fully saturated rings. The molecule has 2 aromatic heterocycles. The lowest BCUT2D eigenvalue weighted by molar-refractivity contribution is 0.0527. The van der Waals surface area contributed by atoms with Crippen LogP contribution in [0.2, 0.25) is 0 Å². The van der Waals surface area contributed by atoms with E-state index >= 15 is 0 Å². The van der Waals surface area contributed by atoms with Crippen LogP contribution in [0.25, 0.3) is 10.4 Å². The van der Waals surface area contributed by atoms with Crippen LogP contribution in [-0.4, -0.2) is 32.7 Å². The van der Waals surface area contributed by atoms with Gasteiger partial charge >= 0.3 is 5.97 Å². The SMILES string of the molecule is CCOC(=O)c1c(NC(=O)c2cc3c(s2)-c2ccccc2OC3)sc2c1CCS(=O)(=O)C2. The third kappa shape index (κ3) is 3.72. The standard InChI is InChI=1S/C22H19NO6S3/c1-2-28-22(25)18-14-7-8-32(26,27)11-17(14)31-21(18)23-20(24)16-9-12-10-29-15-6-4-3-5-13(15)19(12)30-16/h3-6,9H,2,7-8,10-11H2,1H3,(H,23,24). The summed E-state index contributed by atoms with van der Waals surface area (Å²) < 4.78 is 35.1. The van der Waals surface area contributed by atoms with Crippen molar-refractivity contribution in [3.8, 4) is 16.2 Å². The van der Waals surface area contributed by atoms with Crippen molar-refractivity contribution in [2.24, 2.45) is 0 Å². The lowest BCUT2D eigenvalue weighted by atomic mass is 10.1. The zero-order valence-corrected chi connectivity index (χ0v) is 19.5. The predicted octanol–water partition coefficient (Wildman–Crippen LogP) is 4.27. The van der Waals surface area contributed by atoms with Gasteiger partial charge in [-0.25, -0.2) is 13.2 Å². The number of thiophene rings is 2. The van der Waals surface area contributed by atoms with Crippen molar-refractivity contribution < 1.29 is 27.5 Å². The Morgan fingerprint density at radius 1 is 1.22 bits per heavy atom. The second-order valence-electron chi connectivity index (χ2n) is 7.47. The van der Waals surface area contributed by atoms with E-state index in [0.717, 1.165) is 33.1 Å². The number of rotatable bonds is 4. The molecule has 1 N–H and O–H groups in total. The Morgan fingerprint density at radius 3 is 2.84 bits per heavy atom. The fraction of sp³-hybridized carbons (Fsp3) is 0.273. The average molecular weight is 490 g/mol. The summed E-state index contributed by atoms with van der Waals surface area (Å²) in [7, 11) is -3.21. The van der Waals surface area contributed by atoms with Crippen LogP contribution in [0.3, 0.4) is 0 Å². The van der Waals surface area contributed by atoms with Gasteiger partial charge in [0.2, 0.25) is 0 Å². The Morgan fingerprint density at radius 2 is 2.03 bits per heavy atom. The molecule has 2 aliphatic rings. The molecule has 2 aliphatic heterocycles. The smallest absolute Gasteiger partial charge is 0.341 e. The third-order valence-electron chi connectivity index (χ3n) is 5.36. The summed E-state index contributed by atoms with van der Waals surface area (Å²) in [6, 6.07) is 9.48. The lowest BCUT2D eigenvalue weighted by Gasteiger charge is -2.16. The molecule has 166 valence electrons. The fourth-order valence-electron chi connectivity index (χ4n) is 3.91. The van der Waals surface area contributed by atoms with E-state index in [1.807, 2.05) is 24.3 Å². The summed E-state index contributed by atoms with van der Waals surface area (Å²) in [6.07, 6.45) is 0.236. The first-order valence-corrected chi connectivity index (χ1v) is 13.5. The summed E-state index contributed by atoms with van der Waals surface area (Å²) in [4.78, 5) is 27.8. The lowest BCUT2D eigenvalue weighted by Crippen LogP contribution is -2.20. The van der Waals surface area contributed by atoms with Gasteiger partial charge in [-0.2, -0.15) is 0 Å². The first kappa shape index (κ1) is 21.2. The monoisotopic (exact) mass is 489 g/mol. The van der Waals surface area contributed by atoms with Gasteiger partial charge in [-0.05, 0) is 37.1 Å². The van der Waals surface area contributed by atoms with E-state index in [-0.39, 0.29) is 36.0 Å². The topological polar surface area (TPSA) is 98.8 Å². The molecule has 4 heterocycles. The molecule has 1 amide bonds. The minimum atomic E-state index is -3.21. The predicted molar refractivity (Wildman–Crippen MR) is 124 cm³/mol. The van der Waals surface area contributed by atoms with Crippen LogP contribution < -0.4 is 10.1 Å². The molecule has 0 unspecified atom stereocenters. The summed E-state index contributed by atoms with van der Waals surface area (Å²) in [5, 5.41) is 3.17. The van der Waals surface area contributed by atoms with Gasteiger partial charge in [0.05, 0.1) is 28.6 Å². The zero-order valence-electron chi connectivity index (χ0n) is 17.1. The van der Waals surface area contributed by atoms with Crippen molar-refractivity contribution in [1.29, 1.82) is 0 Å². The van der Waals surface area contributed by atoms with Gasteiger partial charge in [0, 0.05) is 20.9 Å². The van der Waals surface area contributed by atoms with Gasteiger partial charge in [0.1, 0.15) is 17.4 Å². The number of hydrogen-bond acceptors (Lipinski definition) is 8. The Hall–Kier alpha value is -2.69. The molecule has 0 saturated heterocycles. The number of hydrogen-bond donors (Lipinski definition) is 1. The highest BCUT2D eigenvalue weighted by Gasteiger charge is 2.32. The molecule has 10 heteroatoms. The molecular formula is C22H19NO6S3. The number of anilines is 1. The van der Waals surface area contributed by atoms with E-state index < -0.39 is 15.8 Å². The number of carbonyl (C=O) groups is 2. The number of amides is 1. The van der Waals surface area contributed by atoms with Crippen molar-refractivity contribution in [2.75, 3.05) is 17.7 Å². The van der Waals surface area contributed by atoms with Gasteiger partial charge in [0.15, 0.2) is 9.84 Å². The van der Waals surface area contributed by atoms with Gasteiger partial charge in [0.25, 0.3) is 5.91 Å². The Balaban J connectivity index is 1.49. The van der Waals surface area contributed by atoms with Crippen LogP contribution in [0, 0.1) is 0 Å². The highest BCUT2D eigenvalue weighted by molar-refractivity contribution is 7.90. The normalized spacial score (nSPS) is 15.7. The van der Waals surface area contributed by atoms with Crippen LogP contribution in [-0.2, 0) is 33.4 Å². The molecule has 32 heavy (non-hydrogen) atoms. The van der Waals surface area contributed by atoms with Crippen molar-refractivity contribution in [3.63, 3.8) is 0 Å². The third-order valence-corrected chi connectivity index (χ3v) is 9.45. The second-order valence-corrected chi connectivity index (χ2v) is 11.8.